The van der Waals surface area contributed by atoms with Crippen molar-refractivity contribution in [1.82, 2.24) is 4.31 Å². The van der Waals surface area contributed by atoms with Crippen LogP contribution in [-0.2, 0) is 21.4 Å². The molecule has 0 N–H and O–H groups in total. The quantitative estimate of drug-likeness (QED) is 0.687. The SMILES string of the molecule is COc1ccc(COC(=O)c2ccc(S(=O)(=O)N3CCCCC3)cc2)cc1F. The molecule has 1 aliphatic heterocycles. The minimum absolute atomic E-state index is 0.104. The van der Waals surface area contributed by atoms with Crippen LogP contribution in [0.2, 0.25) is 0 Å². The van der Waals surface area contributed by atoms with Crippen LogP contribution in [0.5, 0.6) is 5.75 Å². The van der Waals surface area contributed by atoms with Crippen LogP contribution in [0, 0.1) is 5.82 Å². The topological polar surface area (TPSA) is 72.9 Å². The largest absolute Gasteiger partial charge is 0.494 e. The Morgan fingerprint density at radius 2 is 1.75 bits per heavy atom. The molecule has 3 rings (SSSR count). The van der Waals surface area contributed by atoms with Gasteiger partial charge in [0.15, 0.2) is 11.6 Å². The summed E-state index contributed by atoms with van der Waals surface area (Å²) in [4.78, 5) is 12.3. The first-order valence-electron chi connectivity index (χ1n) is 9.01. The number of carbonyl (C=O) groups is 1. The van der Waals surface area contributed by atoms with Crippen LogP contribution >= 0.6 is 0 Å². The molecule has 0 spiro atoms. The van der Waals surface area contributed by atoms with Crippen molar-refractivity contribution in [1.29, 1.82) is 0 Å². The molecule has 0 radical (unpaired) electrons. The number of halogens is 1. The van der Waals surface area contributed by atoms with E-state index in [2.05, 4.69) is 0 Å². The van der Waals surface area contributed by atoms with E-state index in [-0.39, 0.29) is 22.8 Å². The van der Waals surface area contributed by atoms with E-state index in [1.54, 1.807) is 6.07 Å². The molecule has 2 aromatic rings. The zero-order valence-corrected chi connectivity index (χ0v) is 16.4. The van der Waals surface area contributed by atoms with Crippen LogP contribution in [0.3, 0.4) is 0 Å². The summed E-state index contributed by atoms with van der Waals surface area (Å²) in [6, 6.07) is 9.96. The zero-order valence-electron chi connectivity index (χ0n) is 15.6. The Labute approximate surface area is 163 Å². The van der Waals surface area contributed by atoms with Crippen LogP contribution in [0.25, 0.3) is 0 Å². The molecule has 150 valence electrons. The average Bonchev–Trinajstić information content (AvgIpc) is 2.73. The number of carbonyl (C=O) groups excluding carboxylic acids is 1. The maximum atomic E-state index is 13.7. The molecule has 0 atom stereocenters. The van der Waals surface area contributed by atoms with Crippen molar-refractivity contribution in [2.24, 2.45) is 0 Å². The fraction of sp³-hybridized carbons (Fsp3) is 0.350. The fourth-order valence-corrected chi connectivity index (χ4v) is 4.57. The van der Waals surface area contributed by atoms with E-state index in [0.29, 0.717) is 18.7 Å². The molecule has 28 heavy (non-hydrogen) atoms. The molecule has 2 aromatic carbocycles. The molecule has 1 heterocycles. The van der Waals surface area contributed by atoms with Gasteiger partial charge in [0.05, 0.1) is 17.6 Å². The third-order valence-corrected chi connectivity index (χ3v) is 6.54. The molecule has 0 unspecified atom stereocenters. The summed E-state index contributed by atoms with van der Waals surface area (Å²) in [7, 11) is -2.18. The van der Waals surface area contributed by atoms with Gasteiger partial charge in [-0.25, -0.2) is 17.6 Å². The van der Waals surface area contributed by atoms with Gasteiger partial charge in [-0.05, 0) is 54.8 Å². The smallest absolute Gasteiger partial charge is 0.338 e. The Bertz CT molecular complexity index is 938. The van der Waals surface area contributed by atoms with Gasteiger partial charge in [0.2, 0.25) is 10.0 Å². The number of hydrogen-bond donors (Lipinski definition) is 0. The normalized spacial score (nSPS) is 15.2. The summed E-state index contributed by atoms with van der Waals surface area (Å²) < 4.78 is 50.4. The fourth-order valence-electron chi connectivity index (χ4n) is 3.05. The van der Waals surface area contributed by atoms with Crippen molar-refractivity contribution in [2.45, 2.75) is 30.8 Å². The van der Waals surface area contributed by atoms with Gasteiger partial charge in [-0.2, -0.15) is 4.31 Å². The van der Waals surface area contributed by atoms with Crippen LogP contribution in [-0.4, -0.2) is 38.9 Å². The first-order valence-corrected chi connectivity index (χ1v) is 10.5. The predicted molar refractivity (Wildman–Crippen MR) is 101 cm³/mol. The van der Waals surface area contributed by atoms with Crippen molar-refractivity contribution in [3.05, 3.63) is 59.4 Å². The zero-order chi connectivity index (χ0) is 20.1. The molecular formula is C20H22FNO5S. The van der Waals surface area contributed by atoms with Crippen molar-refractivity contribution in [2.75, 3.05) is 20.2 Å². The number of benzene rings is 2. The van der Waals surface area contributed by atoms with Crippen molar-refractivity contribution in [3.8, 4) is 5.75 Å². The molecule has 0 aromatic heterocycles. The first kappa shape index (κ1) is 20.3. The van der Waals surface area contributed by atoms with E-state index in [9.17, 15) is 17.6 Å². The molecule has 0 aliphatic carbocycles. The highest BCUT2D eigenvalue weighted by atomic mass is 32.2. The number of sulfonamides is 1. The molecule has 0 amide bonds. The van der Waals surface area contributed by atoms with Crippen LogP contribution < -0.4 is 4.74 Å². The summed E-state index contributed by atoms with van der Waals surface area (Å²) in [6.45, 7) is 0.933. The molecule has 0 bridgehead atoms. The molecule has 6 nitrogen and oxygen atoms in total. The second kappa shape index (κ2) is 8.70. The van der Waals surface area contributed by atoms with Gasteiger partial charge >= 0.3 is 5.97 Å². The van der Waals surface area contributed by atoms with Gasteiger partial charge in [-0.3, -0.25) is 0 Å². The van der Waals surface area contributed by atoms with E-state index in [4.69, 9.17) is 9.47 Å². The van der Waals surface area contributed by atoms with E-state index >= 15 is 0 Å². The van der Waals surface area contributed by atoms with Gasteiger partial charge in [0.25, 0.3) is 0 Å². The Morgan fingerprint density at radius 3 is 2.36 bits per heavy atom. The summed E-state index contributed by atoms with van der Waals surface area (Å²) in [5.41, 5.74) is 0.711. The molecular weight excluding hydrogens is 385 g/mol. The second-order valence-corrected chi connectivity index (χ2v) is 8.47. The van der Waals surface area contributed by atoms with E-state index in [1.165, 1.54) is 47.8 Å². The average molecular weight is 407 g/mol. The highest BCUT2D eigenvalue weighted by Gasteiger charge is 2.26. The maximum Gasteiger partial charge on any atom is 0.338 e. The van der Waals surface area contributed by atoms with E-state index < -0.39 is 21.8 Å². The maximum absolute atomic E-state index is 13.7. The van der Waals surface area contributed by atoms with Gasteiger partial charge in [-0.15, -0.1) is 0 Å². The third kappa shape index (κ3) is 4.51. The highest BCUT2D eigenvalue weighted by Crippen LogP contribution is 2.22. The van der Waals surface area contributed by atoms with E-state index in [1.807, 2.05) is 0 Å². The van der Waals surface area contributed by atoms with Crippen molar-refractivity contribution < 1.29 is 27.1 Å². The molecule has 1 fully saturated rings. The predicted octanol–water partition coefficient (Wildman–Crippen LogP) is 3.37. The summed E-state index contributed by atoms with van der Waals surface area (Å²) >= 11 is 0. The monoisotopic (exact) mass is 407 g/mol. The highest BCUT2D eigenvalue weighted by molar-refractivity contribution is 7.89. The minimum Gasteiger partial charge on any atom is -0.494 e. The molecule has 8 heteroatoms. The summed E-state index contributed by atoms with van der Waals surface area (Å²) in [6.07, 6.45) is 2.75. The van der Waals surface area contributed by atoms with Crippen LogP contribution in [0.15, 0.2) is 47.4 Å². The van der Waals surface area contributed by atoms with Crippen molar-refractivity contribution >= 4 is 16.0 Å². The van der Waals surface area contributed by atoms with Crippen LogP contribution in [0.1, 0.15) is 35.2 Å². The Hall–Kier alpha value is -2.45. The van der Waals surface area contributed by atoms with Gasteiger partial charge < -0.3 is 9.47 Å². The van der Waals surface area contributed by atoms with E-state index in [0.717, 1.165) is 19.3 Å². The van der Waals surface area contributed by atoms with Gasteiger partial charge in [0, 0.05) is 13.1 Å². The number of esters is 1. The number of ether oxygens (including phenoxy) is 2. The third-order valence-electron chi connectivity index (χ3n) is 4.63. The number of rotatable bonds is 6. The molecule has 1 aliphatic rings. The summed E-state index contributed by atoms with van der Waals surface area (Å²) in [5.74, 6) is -1.04. The minimum atomic E-state index is -3.54. The lowest BCUT2D eigenvalue weighted by Gasteiger charge is -2.25. The first-order chi connectivity index (χ1) is 13.4. The Morgan fingerprint density at radius 1 is 1.07 bits per heavy atom. The lowest BCUT2D eigenvalue weighted by Crippen LogP contribution is -2.35. The standard InChI is InChI=1S/C20H22FNO5S/c1-26-19-10-5-15(13-18(19)21)14-27-20(23)16-6-8-17(9-7-16)28(24,25)22-11-3-2-4-12-22/h5-10,13H,2-4,11-12,14H2,1H3. The lowest BCUT2D eigenvalue weighted by atomic mass is 10.2. The van der Waals surface area contributed by atoms with Crippen LogP contribution in [0.4, 0.5) is 4.39 Å². The summed E-state index contributed by atoms with van der Waals surface area (Å²) in [5, 5.41) is 0. The molecule has 0 saturated carbocycles. The Kier molecular flexibility index (Phi) is 6.31. The number of methoxy groups -OCH3 is 1. The molecule has 1 saturated heterocycles. The van der Waals surface area contributed by atoms with Crippen molar-refractivity contribution in [3.63, 3.8) is 0 Å². The van der Waals surface area contributed by atoms with Gasteiger partial charge in [-0.1, -0.05) is 12.5 Å². The Balaban J connectivity index is 1.64. The lowest BCUT2D eigenvalue weighted by molar-refractivity contribution is 0.0472. The second-order valence-electron chi connectivity index (χ2n) is 6.53. The number of piperidine rings is 1. The number of nitrogens with zero attached hydrogens (tertiary/aromatic N) is 1. The number of hydrogen-bond acceptors (Lipinski definition) is 5. The van der Waals surface area contributed by atoms with Gasteiger partial charge in [0.1, 0.15) is 6.61 Å².